The average molecular weight is 372 g/mol. The van der Waals surface area contributed by atoms with Crippen LogP contribution >= 0.6 is 34.3 Å². The van der Waals surface area contributed by atoms with Gasteiger partial charge in [-0.1, -0.05) is 17.7 Å². The van der Waals surface area contributed by atoms with Gasteiger partial charge in [0.2, 0.25) is 5.91 Å². The third kappa shape index (κ3) is 6.70. The lowest BCUT2D eigenvalue weighted by Crippen LogP contribution is -2.44. The Morgan fingerprint density at radius 2 is 2.09 bits per heavy atom. The summed E-state index contributed by atoms with van der Waals surface area (Å²) < 4.78 is 0.725. The van der Waals surface area contributed by atoms with Crippen molar-refractivity contribution in [3.05, 3.63) is 43.7 Å². The molecule has 5 nitrogen and oxygen atoms in total. The molecular formula is C15H18ClN3O2S2. The van der Waals surface area contributed by atoms with E-state index in [0.717, 1.165) is 15.6 Å². The summed E-state index contributed by atoms with van der Waals surface area (Å²) >= 11 is 9.00. The fraction of sp³-hybridized carbons (Fsp3) is 0.333. The van der Waals surface area contributed by atoms with Gasteiger partial charge in [-0.3, -0.25) is 15.0 Å². The first-order chi connectivity index (χ1) is 11.0. The maximum Gasteiger partial charge on any atom is 0.321 e. The zero-order valence-electron chi connectivity index (χ0n) is 12.7. The molecule has 0 unspecified atom stereocenters. The summed E-state index contributed by atoms with van der Waals surface area (Å²) in [7, 11) is 1.82. The van der Waals surface area contributed by atoms with Gasteiger partial charge < -0.3 is 5.32 Å². The van der Waals surface area contributed by atoms with Gasteiger partial charge in [0.05, 0.1) is 10.9 Å². The number of nitrogens with one attached hydrogen (secondary N) is 2. The van der Waals surface area contributed by atoms with E-state index in [2.05, 4.69) is 10.6 Å². The topological polar surface area (TPSA) is 61.4 Å². The van der Waals surface area contributed by atoms with E-state index >= 15 is 0 Å². The van der Waals surface area contributed by atoms with Gasteiger partial charge in [-0.2, -0.15) is 0 Å². The van der Waals surface area contributed by atoms with Crippen LogP contribution in [0.2, 0.25) is 4.34 Å². The Morgan fingerprint density at radius 3 is 2.74 bits per heavy atom. The number of thiophene rings is 2. The second kappa shape index (κ2) is 9.02. The highest BCUT2D eigenvalue weighted by Gasteiger charge is 2.11. The van der Waals surface area contributed by atoms with E-state index in [1.165, 1.54) is 16.2 Å². The Balaban J connectivity index is 1.64. The Hall–Kier alpha value is -1.41. The molecule has 3 amide bonds. The Kier molecular flexibility index (Phi) is 7.04. The van der Waals surface area contributed by atoms with Crippen molar-refractivity contribution in [2.75, 3.05) is 20.1 Å². The number of carbonyl (C=O) groups excluding carboxylic acids is 2. The number of imide groups is 1. The highest BCUT2D eigenvalue weighted by Crippen LogP contribution is 2.22. The molecule has 2 rings (SSSR count). The zero-order chi connectivity index (χ0) is 16.7. The van der Waals surface area contributed by atoms with Crippen LogP contribution in [0.1, 0.15) is 9.75 Å². The molecule has 0 fully saturated rings. The number of halogens is 1. The third-order valence-electron chi connectivity index (χ3n) is 2.96. The van der Waals surface area contributed by atoms with Crippen molar-refractivity contribution in [3.8, 4) is 0 Å². The normalized spacial score (nSPS) is 10.7. The minimum atomic E-state index is -0.459. The van der Waals surface area contributed by atoms with Crippen LogP contribution in [0.15, 0.2) is 29.6 Å². The van der Waals surface area contributed by atoms with Crippen molar-refractivity contribution in [1.29, 1.82) is 0 Å². The van der Waals surface area contributed by atoms with Crippen molar-refractivity contribution >= 4 is 46.2 Å². The first-order valence-corrected chi connectivity index (χ1v) is 9.13. The molecule has 0 atom stereocenters. The summed E-state index contributed by atoms with van der Waals surface area (Å²) in [5.41, 5.74) is 0. The molecule has 0 aliphatic rings. The van der Waals surface area contributed by atoms with Gasteiger partial charge in [0, 0.05) is 22.8 Å². The first-order valence-electron chi connectivity index (χ1n) is 7.06. The molecule has 2 heterocycles. The average Bonchev–Trinajstić information content (AvgIpc) is 3.10. The molecule has 0 aliphatic carbocycles. The van der Waals surface area contributed by atoms with Gasteiger partial charge in [0.1, 0.15) is 0 Å². The van der Waals surface area contributed by atoms with Crippen molar-refractivity contribution in [1.82, 2.24) is 15.5 Å². The van der Waals surface area contributed by atoms with E-state index in [0.29, 0.717) is 13.1 Å². The third-order valence-corrected chi connectivity index (χ3v) is 5.11. The molecule has 0 saturated heterocycles. The van der Waals surface area contributed by atoms with Gasteiger partial charge >= 0.3 is 6.03 Å². The predicted molar refractivity (Wildman–Crippen MR) is 95.2 cm³/mol. The maximum absolute atomic E-state index is 11.8. The minimum Gasteiger partial charge on any atom is -0.337 e. The summed E-state index contributed by atoms with van der Waals surface area (Å²) in [6.07, 6.45) is 0.762. The number of rotatable bonds is 7. The number of nitrogens with zero attached hydrogens (tertiary/aromatic N) is 1. The second-order valence-electron chi connectivity index (χ2n) is 5.01. The molecule has 2 aromatic heterocycles. The number of carbonyl (C=O) groups is 2. The van der Waals surface area contributed by atoms with Crippen molar-refractivity contribution in [2.45, 2.75) is 13.0 Å². The molecule has 2 aromatic rings. The zero-order valence-corrected chi connectivity index (χ0v) is 15.1. The van der Waals surface area contributed by atoms with Crippen molar-refractivity contribution < 1.29 is 9.59 Å². The van der Waals surface area contributed by atoms with Crippen LogP contribution in [0.5, 0.6) is 0 Å². The smallest absolute Gasteiger partial charge is 0.321 e. The first kappa shape index (κ1) is 17.9. The Bertz CT molecular complexity index is 643. The molecule has 0 radical (unpaired) electrons. The fourth-order valence-corrected chi connectivity index (χ4v) is 3.85. The van der Waals surface area contributed by atoms with E-state index in [9.17, 15) is 9.59 Å². The lowest BCUT2D eigenvalue weighted by Gasteiger charge is -2.15. The van der Waals surface area contributed by atoms with Crippen molar-refractivity contribution in [2.24, 2.45) is 0 Å². The van der Waals surface area contributed by atoms with Gasteiger partial charge in [0.15, 0.2) is 0 Å². The summed E-state index contributed by atoms with van der Waals surface area (Å²) in [5.74, 6) is -0.330. The van der Waals surface area contributed by atoms with Gasteiger partial charge in [-0.25, -0.2) is 4.79 Å². The molecule has 0 saturated carbocycles. The minimum absolute atomic E-state index is 0.147. The lowest BCUT2D eigenvalue weighted by molar-refractivity contribution is -0.120. The summed E-state index contributed by atoms with van der Waals surface area (Å²) in [6.45, 7) is 1.27. The highest BCUT2D eigenvalue weighted by molar-refractivity contribution is 7.16. The van der Waals surface area contributed by atoms with Crippen LogP contribution in [0.3, 0.4) is 0 Å². The van der Waals surface area contributed by atoms with E-state index in [1.54, 1.807) is 11.3 Å². The molecule has 0 bridgehead atoms. The Labute approximate surface area is 148 Å². The molecule has 0 spiro atoms. The van der Waals surface area contributed by atoms with Crippen molar-refractivity contribution in [3.63, 3.8) is 0 Å². The summed E-state index contributed by atoms with van der Waals surface area (Å²) in [6, 6.07) is 7.29. The predicted octanol–water partition coefficient (Wildman–Crippen LogP) is 2.96. The van der Waals surface area contributed by atoms with Crippen LogP contribution < -0.4 is 10.6 Å². The van der Waals surface area contributed by atoms with Crippen LogP contribution in [0.25, 0.3) is 0 Å². The van der Waals surface area contributed by atoms with Gasteiger partial charge in [-0.15, -0.1) is 22.7 Å². The monoisotopic (exact) mass is 371 g/mol. The number of hydrogen-bond donors (Lipinski definition) is 2. The quantitative estimate of drug-likeness (QED) is 0.786. The van der Waals surface area contributed by atoms with Crippen LogP contribution in [0.4, 0.5) is 4.79 Å². The summed E-state index contributed by atoms with van der Waals surface area (Å²) in [5, 5.41) is 7.01. The Morgan fingerprint density at radius 1 is 1.26 bits per heavy atom. The molecular weight excluding hydrogens is 354 g/mol. The van der Waals surface area contributed by atoms with Crippen LogP contribution in [0, 0.1) is 0 Å². The maximum atomic E-state index is 11.8. The largest absolute Gasteiger partial charge is 0.337 e. The van der Waals surface area contributed by atoms with E-state index in [4.69, 9.17) is 11.6 Å². The molecule has 8 heteroatoms. The van der Waals surface area contributed by atoms with Gasteiger partial charge in [0.25, 0.3) is 0 Å². The van der Waals surface area contributed by atoms with E-state index in [-0.39, 0.29) is 12.5 Å². The second-order valence-corrected chi connectivity index (χ2v) is 7.84. The van der Waals surface area contributed by atoms with Gasteiger partial charge in [-0.05, 0) is 37.0 Å². The highest BCUT2D eigenvalue weighted by atomic mass is 35.5. The van der Waals surface area contributed by atoms with E-state index < -0.39 is 6.03 Å². The fourth-order valence-electron chi connectivity index (χ4n) is 1.97. The van der Waals surface area contributed by atoms with Crippen LogP contribution in [-0.2, 0) is 17.8 Å². The number of likely N-dealkylation sites (N-methyl/N-ethyl adjacent to an activating group) is 1. The molecule has 124 valence electrons. The number of urea groups is 1. The summed E-state index contributed by atoms with van der Waals surface area (Å²) in [4.78, 5) is 27.6. The molecule has 0 aromatic carbocycles. The lowest BCUT2D eigenvalue weighted by atomic mass is 10.3. The standard InChI is InChI=1S/C15H18ClN3O2S2/c1-19(9-12-4-5-13(16)23-12)10-14(20)18-15(21)17-7-6-11-3-2-8-22-11/h2-5,8H,6-7,9-10H2,1H3,(H2,17,18,20,21). The molecule has 0 aliphatic heterocycles. The SMILES string of the molecule is CN(CC(=O)NC(=O)NCCc1cccs1)Cc1ccc(Cl)s1. The van der Waals surface area contributed by atoms with Crippen LogP contribution in [-0.4, -0.2) is 37.0 Å². The number of hydrogen-bond acceptors (Lipinski definition) is 5. The number of amides is 3. The van der Waals surface area contributed by atoms with E-state index in [1.807, 2.05) is 41.6 Å². The molecule has 23 heavy (non-hydrogen) atoms. The molecule has 2 N–H and O–H groups in total.